The number of benzene rings is 1. The van der Waals surface area contributed by atoms with Crippen LogP contribution in [0.1, 0.15) is 50.5 Å². The van der Waals surface area contributed by atoms with E-state index in [1.54, 1.807) is 6.07 Å². The fourth-order valence-corrected chi connectivity index (χ4v) is 5.78. The van der Waals surface area contributed by atoms with Gasteiger partial charge in [0.2, 0.25) is 15.9 Å². The van der Waals surface area contributed by atoms with Gasteiger partial charge in [-0.2, -0.15) is 0 Å². The number of rotatable bonds is 5. The van der Waals surface area contributed by atoms with Crippen LogP contribution in [-0.4, -0.2) is 33.2 Å². The maximum absolute atomic E-state index is 12.6. The van der Waals surface area contributed by atoms with Crippen LogP contribution in [0.15, 0.2) is 18.2 Å². The molecular weight excluding hydrogens is 350 g/mol. The number of carbonyl (C=O) groups excluding carboxylic acids is 1. The molecule has 0 unspecified atom stereocenters. The molecule has 26 heavy (non-hydrogen) atoms. The van der Waals surface area contributed by atoms with Gasteiger partial charge in [-0.05, 0) is 55.8 Å². The zero-order valence-corrected chi connectivity index (χ0v) is 16.3. The lowest BCUT2D eigenvalue weighted by Crippen LogP contribution is -2.36. The molecule has 0 atom stereocenters. The first kappa shape index (κ1) is 19.2. The van der Waals surface area contributed by atoms with Crippen molar-refractivity contribution in [3.8, 4) is 0 Å². The fraction of sp³-hybridized carbons (Fsp3) is 0.632. The summed E-state index contributed by atoms with van der Waals surface area (Å²) < 4.78 is 25.9. The van der Waals surface area contributed by atoms with Gasteiger partial charge in [-0.25, -0.2) is 8.42 Å². The highest BCUT2D eigenvalue weighted by Gasteiger charge is 2.33. The molecule has 3 rings (SSSR count). The van der Waals surface area contributed by atoms with Crippen molar-refractivity contribution in [2.75, 3.05) is 28.5 Å². The lowest BCUT2D eigenvalue weighted by atomic mass is 9.71. The first-order valence-corrected chi connectivity index (χ1v) is 11.1. The summed E-state index contributed by atoms with van der Waals surface area (Å²) in [5, 5.41) is 2.95. The summed E-state index contributed by atoms with van der Waals surface area (Å²) in [5.74, 6) is 0.138. The maximum Gasteiger partial charge on any atom is 0.235 e. The Balaban J connectivity index is 1.74. The van der Waals surface area contributed by atoms with Gasteiger partial charge in [0.1, 0.15) is 0 Å². The Hall–Kier alpha value is -1.60. The molecule has 2 fully saturated rings. The second-order valence-corrected chi connectivity index (χ2v) is 9.75. The number of amides is 1. The van der Waals surface area contributed by atoms with Crippen LogP contribution in [0.4, 0.5) is 11.4 Å². The van der Waals surface area contributed by atoms with E-state index in [0.29, 0.717) is 37.3 Å². The smallest absolute Gasteiger partial charge is 0.235 e. The number of anilines is 2. The van der Waals surface area contributed by atoms with E-state index in [1.807, 2.05) is 19.1 Å². The molecule has 0 bridgehead atoms. The first-order valence-electron chi connectivity index (χ1n) is 9.46. The molecule has 1 saturated carbocycles. The number of nitrogens with zero attached hydrogens (tertiary/aromatic N) is 1. The Morgan fingerprint density at radius 1 is 1.23 bits per heavy atom. The van der Waals surface area contributed by atoms with E-state index in [-0.39, 0.29) is 17.1 Å². The van der Waals surface area contributed by atoms with Gasteiger partial charge in [-0.3, -0.25) is 9.10 Å². The molecule has 6 nitrogen and oxygen atoms in total. The van der Waals surface area contributed by atoms with E-state index < -0.39 is 10.0 Å². The van der Waals surface area contributed by atoms with Crippen molar-refractivity contribution >= 4 is 27.3 Å². The highest BCUT2D eigenvalue weighted by Crippen LogP contribution is 2.38. The average molecular weight is 380 g/mol. The summed E-state index contributed by atoms with van der Waals surface area (Å²) in [6, 6.07) is 5.46. The molecule has 7 heteroatoms. The van der Waals surface area contributed by atoms with E-state index in [1.165, 1.54) is 10.7 Å². The number of hydrogen-bond acceptors (Lipinski definition) is 4. The molecule has 0 radical (unpaired) electrons. The van der Waals surface area contributed by atoms with E-state index in [4.69, 9.17) is 5.73 Å². The van der Waals surface area contributed by atoms with Crippen molar-refractivity contribution in [3.63, 3.8) is 0 Å². The molecule has 144 valence electrons. The van der Waals surface area contributed by atoms with Crippen LogP contribution in [0, 0.1) is 12.3 Å². The molecule has 1 saturated heterocycles. The predicted octanol–water partition coefficient (Wildman–Crippen LogP) is 2.77. The van der Waals surface area contributed by atoms with E-state index >= 15 is 0 Å². The van der Waals surface area contributed by atoms with E-state index in [9.17, 15) is 13.2 Å². The minimum absolute atomic E-state index is 0.0450. The number of sulfonamides is 1. The molecule has 0 spiro atoms. The first-order chi connectivity index (χ1) is 12.4. The second-order valence-electron chi connectivity index (χ2n) is 7.73. The van der Waals surface area contributed by atoms with Crippen LogP contribution < -0.4 is 15.4 Å². The third kappa shape index (κ3) is 4.04. The van der Waals surface area contributed by atoms with Crippen molar-refractivity contribution in [3.05, 3.63) is 23.8 Å². The van der Waals surface area contributed by atoms with E-state index in [2.05, 4.69) is 5.32 Å². The number of nitrogens with one attached hydrogen (secondary N) is 1. The van der Waals surface area contributed by atoms with Gasteiger partial charge < -0.3 is 11.1 Å². The SMILES string of the molecule is Cc1ccc(NC(=O)CC2(CN)CCCCC2)cc1N1CCCS1(=O)=O. The molecule has 2 aliphatic rings. The molecule has 1 aromatic carbocycles. The summed E-state index contributed by atoms with van der Waals surface area (Å²) in [7, 11) is -3.24. The molecule has 3 N–H and O–H groups in total. The number of aryl methyl sites for hydroxylation is 1. The summed E-state index contributed by atoms with van der Waals surface area (Å²) >= 11 is 0. The normalized spacial score (nSPS) is 21.5. The van der Waals surface area contributed by atoms with E-state index in [0.717, 1.165) is 31.2 Å². The second kappa shape index (κ2) is 7.56. The number of carbonyl (C=O) groups is 1. The van der Waals surface area contributed by atoms with Crippen molar-refractivity contribution < 1.29 is 13.2 Å². The Labute approximate surface area is 156 Å². The molecule has 0 aromatic heterocycles. The van der Waals surface area contributed by atoms with Crippen LogP contribution in [0.5, 0.6) is 0 Å². The number of hydrogen-bond donors (Lipinski definition) is 2. The Morgan fingerprint density at radius 2 is 1.96 bits per heavy atom. The third-order valence-electron chi connectivity index (χ3n) is 5.74. The van der Waals surface area contributed by atoms with Gasteiger partial charge in [0.15, 0.2) is 0 Å². The van der Waals surface area contributed by atoms with Crippen LogP contribution in [0.25, 0.3) is 0 Å². The average Bonchev–Trinajstić information content (AvgIpc) is 2.96. The summed E-state index contributed by atoms with van der Waals surface area (Å²) in [6.07, 6.45) is 6.54. The largest absolute Gasteiger partial charge is 0.330 e. The molecule has 1 heterocycles. The third-order valence-corrected chi connectivity index (χ3v) is 7.60. The Kier molecular flexibility index (Phi) is 5.58. The fourth-order valence-electron chi connectivity index (χ4n) is 4.17. The van der Waals surface area contributed by atoms with Crippen LogP contribution in [0.2, 0.25) is 0 Å². The lowest BCUT2D eigenvalue weighted by Gasteiger charge is -2.35. The summed E-state index contributed by atoms with van der Waals surface area (Å²) in [4.78, 5) is 12.6. The minimum atomic E-state index is -3.24. The summed E-state index contributed by atoms with van der Waals surface area (Å²) in [6.45, 7) is 2.92. The highest BCUT2D eigenvalue weighted by atomic mass is 32.2. The lowest BCUT2D eigenvalue weighted by molar-refractivity contribution is -0.118. The Bertz CT molecular complexity index is 770. The maximum atomic E-state index is 12.6. The van der Waals surface area contributed by atoms with Crippen LogP contribution in [0.3, 0.4) is 0 Å². The standard InChI is InChI=1S/C19H29N3O3S/c1-15-6-7-16(12-17(15)22-10-5-11-26(22,24)25)21-18(23)13-19(14-20)8-3-2-4-9-19/h6-7,12H,2-5,8-11,13-14,20H2,1H3,(H,21,23). The van der Waals surface area contributed by atoms with Crippen LogP contribution in [-0.2, 0) is 14.8 Å². The predicted molar refractivity (Wildman–Crippen MR) is 105 cm³/mol. The zero-order chi connectivity index (χ0) is 18.8. The molecular formula is C19H29N3O3S. The Morgan fingerprint density at radius 3 is 2.58 bits per heavy atom. The van der Waals surface area contributed by atoms with Crippen molar-refractivity contribution in [2.45, 2.75) is 51.9 Å². The van der Waals surface area contributed by atoms with Crippen molar-refractivity contribution in [2.24, 2.45) is 11.1 Å². The minimum Gasteiger partial charge on any atom is -0.330 e. The quantitative estimate of drug-likeness (QED) is 0.823. The van der Waals surface area contributed by atoms with Crippen LogP contribution >= 0.6 is 0 Å². The molecule has 1 amide bonds. The van der Waals surface area contributed by atoms with Gasteiger partial charge in [0.25, 0.3) is 0 Å². The van der Waals surface area contributed by atoms with Gasteiger partial charge in [-0.15, -0.1) is 0 Å². The molecule has 1 aliphatic carbocycles. The zero-order valence-electron chi connectivity index (χ0n) is 15.5. The van der Waals surface area contributed by atoms with Gasteiger partial charge in [0, 0.05) is 18.7 Å². The van der Waals surface area contributed by atoms with Gasteiger partial charge >= 0.3 is 0 Å². The van der Waals surface area contributed by atoms with Crippen molar-refractivity contribution in [1.82, 2.24) is 0 Å². The monoisotopic (exact) mass is 379 g/mol. The molecule has 1 aromatic rings. The summed E-state index contributed by atoms with van der Waals surface area (Å²) in [5.41, 5.74) is 8.08. The molecule has 1 aliphatic heterocycles. The highest BCUT2D eigenvalue weighted by molar-refractivity contribution is 7.93. The number of nitrogens with two attached hydrogens (primary N) is 1. The van der Waals surface area contributed by atoms with Crippen molar-refractivity contribution in [1.29, 1.82) is 0 Å². The van der Waals surface area contributed by atoms with Gasteiger partial charge in [0.05, 0.1) is 11.4 Å². The van der Waals surface area contributed by atoms with Gasteiger partial charge in [-0.1, -0.05) is 25.3 Å². The topological polar surface area (TPSA) is 92.5 Å².